The molecule has 0 saturated carbocycles. The highest BCUT2D eigenvalue weighted by molar-refractivity contribution is 5.36. The van der Waals surface area contributed by atoms with E-state index in [1.54, 1.807) is 0 Å². The summed E-state index contributed by atoms with van der Waals surface area (Å²) < 4.78 is 2.09. The number of anilines is 1. The molecule has 4 heterocycles. The molecule has 122 valence electrons. The molecule has 0 spiro atoms. The molecule has 0 amide bonds. The van der Waals surface area contributed by atoms with E-state index in [1.807, 2.05) is 18.5 Å². The Kier molecular flexibility index (Phi) is 3.36. The first-order chi connectivity index (χ1) is 11.0. The first-order valence-electron chi connectivity index (χ1n) is 8.50. The van der Waals surface area contributed by atoms with Gasteiger partial charge < -0.3 is 4.90 Å². The second kappa shape index (κ2) is 5.28. The Hall–Kier alpha value is -1.98. The molecule has 2 fully saturated rings. The number of nitrogens with zero attached hydrogens (tertiary/aromatic N) is 6. The van der Waals surface area contributed by atoms with Crippen LogP contribution in [0.2, 0.25) is 0 Å². The second-order valence-electron chi connectivity index (χ2n) is 7.80. The average molecular weight is 312 g/mol. The van der Waals surface area contributed by atoms with E-state index >= 15 is 0 Å². The highest BCUT2D eigenvalue weighted by atomic mass is 15.4. The van der Waals surface area contributed by atoms with Gasteiger partial charge in [-0.2, -0.15) is 0 Å². The molecular weight excluding hydrogens is 288 g/mol. The second-order valence-corrected chi connectivity index (χ2v) is 7.80. The van der Waals surface area contributed by atoms with Crippen molar-refractivity contribution in [2.75, 3.05) is 4.90 Å². The van der Waals surface area contributed by atoms with Crippen molar-refractivity contribution in [1.29, 1.82) is 0 Å². The quantitative estimate of drug-likeness (QED) is 0.853. The molecule has 2 unspecified atom stereocenters. The minimum absolute atomic E-state index is 0.0514. The van der Waals surface area contributed by atoms with Crippen LogP contribution in [0.3, 0.4) is 0 Å². The standard InChI is InChI=1S/C17H24N6/c1-17(2,3)15-11-22(21-20-15)14-9-12-5-6-13(10-14)23(12)16-18-7-4-8-19-16/h4,7-8,11-14H,5-6,9-10H2,1-3H3. The first-order valence-corrected chi connectivity index (χ1v) is 8.50. The van der Waals surface area contributed by atoms with Gasteiger partial charge in [-0.25, -0.2) is 14.6 Å². The molecule has 2 aliphatic rings. The van der Waals surface area contributed by atoms with E-state index in [9.17, 15) is 0 Å². The molecule has 0 radical (unpaired) electrons. The topological polar surface area (TPSA) is 59.7 Å². The Bertz CT molecular complexity index is 660. The van der Waals surface area contributed by atoms with Crippen LogP contribution in [0.1, 0.15) is 58.2 Å². The number of rotatable bonds is 2. The molecule has 2 bridgehead atoms. The molecule has 6 heteroatoms. The Labute approximate surface area is 136 Å². The molecule has 2 aromatic rings. The van der Waals surface area contributed by atoms with Crippen LogP contribution in [-0.2, 0) is 5.41 Å². The lowest BCUT2D eigenvalue weighted by Crippen LogP contribution is -2.44. The van der Waals surface area contributed by atoms with Crippen LogP contribution in [0.5, 0.6) is 0 Å². The molecule has 0 N–H and O–H groups in total. The predicted molar refractivity (Wildman–Crippen MR) is 88.3 cm³/mol. The SMILES string of the molecule is CC(C)(C)c1cn(C2CC3CCC(C2)N3c2ncccn2)nn1. The van der Waals surface area contributed by atoms with E-state index in [2.05, 4.69) is 56.8 Å². The van der Waals surface area contributed by atoms with Gasteiger partial charge in [-0.15, -0.1) is 5.10 Å². The number of hydrogen-bond acceptors (Lipinski definition) is 5. The molecule has 4 rings (SSSR count). The van der Waals surface area contributed by atoms with Crippen molar-refractivity contribution in [2.24, 2.45) is 0 Å². The maximum atomic E-state index is 4.46. The smallest absolute Gasteiger partial charge is 0.225 e. The van der Waals surface area contributed by atoms with Crippen LogP contribution >= 0.6 is 0 Å². The van der Waals surface area contributed by atoms with Gasteiger partial charge in [-0.05, 0) is 31.7 Å². The summed E-state index contributed by atoms with van der Waals surface area (Å²) in [6, 6.07) is 3.35. The maximum absolute atomic E-state index is 4.46. The Balaban J connectivity index is 1.55. The van der Waals surface area contributed by atoms with Gasteiger partial charge in [-0.1, -0.05) is 26.0 Å². The van der Waals surface area contributed by atoms with Crippen molar-refractivity contribution in [2.45, 2.75) is 70.0 Å². The predicted octanol–water partition coefficient (Wildman–Crippen LogP) is 2.74. The van der Waals surface area contributed by atoms with Gasteiger partial charge in [-0.3, -0.25) is 0 Å². The zero-order valence-electron chi connectivity index (χ0n) is 14.1. The number of aromatic nitrogens is 5. The lowest BCUT2D eigenvalue weighted by Gasteiger charge is -2.38. The number of fused-ring (bicyclic) bond motifs is 2. The zero-order chi connectivity index (χ0) is 16.0. The highest BCUT2D eigenvalue weighted by Crippen LogP contribution is 2.42. The average Bonchev–Trinajstić information content (AvgIpc) is 3.11. The van der Waals surface area contributed by atoms with Crippen LogP contribution in [0, 0.1) is 0 Å². The minimum Gasteiger partial charge on any atom is -0.335 e. The fourth-order valence-corrected chi connectivity index (χ4v) is 3.91. The normalized spacial score (nSPS) is 27.4. The summed E-state index contributed by atoms with van der Waals surface area (Å²) in [4.78, 5) is 11.3. The van der Waals surface area contributed by atoms with Crippen LogP contribution < -0.4 is 4.90 Å². The summed E-state index contributed by atoms with van der Waals surface area (Å²) in [5, 5.41) is 8.80. The highest BCUT2D eigenvalue weighted by Gasteiger charge is 2.43. The molecule has 2 aliphatic heterocycles. The third-order valence-corrected chi connectivity index (χ3v) is 5.14. The maximum Gasteiger partial charge on any atom is 0.225 e. The largest absolute Gasteiger partial charge is 0.335 e. The summed E-state index contributed by atoms with van der Waals surface area (Å²) in [7, 11) is 0. The minimum atomic E-state index is 0.0514. The fourth-order valence-electron chi connectivity index (χ4n) is 3.91. The monoisotopic (exact) mass is 312 g/mol. The first kappa shape index (κ1) is 14.6. The summed E-state index contributed by atoms with van der Waals surface area (Å²) >= 11 is 0. The summed E-state index contributed by atoms with van der Waals surface area (Å²) in [5.74, 6) is 0.882. The van der Waals surface area contributed by atoms with E-state index in [0.717, 1.165) is 24.5 Å². The molecule has 0 aliphatic carbocycles. The number of piperidine rings is 1. The van der Waals surface area contributed by atoms with Gasteiger partial charge >= 0.3 is 0 Å². The van der Waals surface area contributed by atoms with Gasteiger partial charge in [0.25, 0.3) is 0 Å². The van der Waals surface area contributed by atoms with Gasteiger partial charge in [0.1, 0.15) is 0 Å². The summed E-state index contributed by atoms with van der Waals surface area (Å²) in [6.07, 6.45) is 10.4. The van der Waals surface area contributed by atoms with Gasteiger partial charge in [0.15, 0.2) is 0 Å². The lowest BCUT2D eigenvalue weighted by atomic mass is 9.93. The van der Waals surface area contributed by atoms with Gasteiger partial charge in [0.2, 0.25) is 5.95 Å². The molecule has 23 heavy (non-hydrogen) atoms. The van der Waals surface area contributed by atoms with Gasteiger partial charge in [0.05, 0.1) is 11.7 Å². The Morgan fingerprint density at radius 3 is 2.22 bits per heavy atom. The third-order valence-electron chi connectivity index (χ3n) is 5.14. The van der Waals surface area contributed by atoms with E-state index in [1.165, 1.54) is 12.8 Å². The number of hydrogen-bond donors (Lipinski definition) is 0. The van der Waals surface area contributed by atoms with E-state index in [4.69, 9.17) is 0 Å². The van der Waals surface area contributed by atoms with Crippen LogP contribution in [0.4, 0.5) is 5.95 Å². The molecule has 2 atom stereocenters. The molecular formula is C17H24N6. The fraction of sp³-hybridized carbons (Fsp3) is 0.647. The van der Waals surface area contributed by atoms with Crippen molar-refractivity contribution < 1.29 is 0 Å². The lowest BCUT2D eigenvalue weighted by molar-refractivity contribution is 0.307. The van der Waals surface area contributed by atoms with E-state index < -0.39 is 0 Å². The summed E-state index contributed by atoms with van der Waals surface area (Å²) in [6.45, 7) is 6.54. The summed E-state index contributed by atoms with van der Waals surface area (Å²) in [5.41, 5.74) is 1.12. The van der Waals surface area contributed by atoms with E-state index in [-0.39, 0.29) is 5.41 Å². The third kappa shape index (κ3) is 2.60. The van der Waals surface area contributed by atoms with Crippen LogP contribution in [0.15, 0.2) is 24.7 Å². The molecule has 0 aromatic carbocycles. The molecule has 2 saturated heterocycles. The van der Waals surface area contributed by atoms with Crippen molar-refractivity contribution >= 4 is 5.95 Å². The van der Waals surface area contributed by atoms with E-state index in [0.29, 0.717) is 18.1 Å². The van der Waals surface area contributed by atoms with Crippen molar-refractivity contribution in [1.82, 2.24) is 25.0 Å². The Morgan fingerprint density at radius 2 is 1.65 bits per heavy atom. The van der Waals surface area contributed by atoms with Gasteiger partial charge in [0, 0.05) is 36.1 Å². The molecule has 6 nitrogen and oxygen atoms in total. The van der Waals surface area contributed by atoms with Crippen LogP contribution in [0.25, 0.3) is 0 Å². The molecule has 2 aromatic heterocycles. The van der Waals surface area contributed by atoms with Crippen molar-refractivity contribution in [3.63, 3.8) is 0 Å². The van der Waals surface area contributed by atoms with Crippen molar-refractivity contribution in [3.05, 3.63) is 30.4 Å². The Morgan fingerprint density at radius 1 is 1.00 bits per heavy atom. The zero-order valence-corrected chi connectivity index (χ0v) is 14.1. The van der Waals surface area contributed by atoms with Crippen LogP contribution in [-0.4, -0.2) is 37.0 Å². The van der Waals surface area contributed by atoms with Crippen molar-refractivity contribution in [3.8, 4) is 0 Å².